The van der Waals surface area contributed by atoms with E-state index in [2.05, 4.69) is 0 Å². The van der Waals surface area contributed by atoms with Gasteiger partial charge in [0.25, 0.3) is 3.79 Å². The SMILES string of the molecule is Cc1cc(C(=O)C(Cl)(Cl)Cl)c(C)cc1O. The molecule has 0 aliphatic carbocycles. The molecule has 0 aromatic heterocycles. The van der Waals surface area contributed by atoms with Crippen molar-refractivity contribution < 1.29 is 9.90 Å². The van der Waals surface area contributed by atoms with Crippen LogP contribution in [0.1, 0.15) is 21.5 Å². The molecule has 1 aromatic carbocycles. The minimum atomic E-state index is -1.96. The van der Waals surface area contributed by atoms with Crippen LogP contribution in [0.2, 0.25) is 0 Å². The summed E-state index contributed by atoms with van der Waals surface area (Å²) in [6.45, 7) is 3.34. The topological polar surface area (TPSA) is 37.3 Å². The zero-order chi connectivity index (χ0) is 11.8. The van der Waals surface area contributed by atoms with E-state index in [-0.39, 0.29) is 5.75 Å². The number of aryl methyl sites for hydroxylation is 2. The Labute approximate surface area is 103 Å². The molecule has 0 radical (unpaired) electrons. The van der Waals surface area contributed by atoms with Gasteiger partial charge in [-0.3, -0.25) is 4.79 Å². The molecule has 1 aromatic rings. The van der Waals surface area contributed by atoms with Crippen LogP contribution in [0.15, 0.2) is 12.1 Å². The molecule has 82 valence electrons. The number of ketones is 1. The fourth-order valence-corrected chi connectivity index (χ4v) is 1.50. The molecule has 1 rings (SSSR count). The molecule has 0 amide bonds. The predicted octanol–water partition coefficient (Wildman–Crippen LogP) is 3.56. The van der Waals surface area contributed by atoms with Gasteiger partial charge in [-0.2, -0.15) is 0 Å². The third-order valence-corrected chi connectivity index (χ3v) is 2.56. The van der Waals surface area contributed by atoms with Crippen molar-refractivity contribution in [2.24, 2.45) is 0 Å². The molecule has 5 heteroatoms. The fraction of sp³-hybridized carbons (Fsp3) is 0.300. The van der Waals surface area contributed by atoms with E-state index in [0.717, 1.165) is 0 Å². The van der Waals surface area contributed by atoms with Crippen LogP contribution in [-0.2, 0) is 0 Å². The highest BCUT2D eigenvalue weighted by Gasteiger charge is 2.32. The molecule has 0 spiro atoms. The van der Waals surface area contributed by atoms with Gasteiger partial charge in [-0.25, -0.2) is 0 Å². The number of rotatable bonds is 1. The highest BCUT2D eigenvalue weighted by atomic mass is 35.6. The van der Waals surface area contributed by atoms with E-state index in [1.54, 1.807) is 13.8 Å². The van der Waals surface area contributed by atoms with Gasteiger partial charge in [0.2, 0.25) is 5.78 Å². The number of alkyl halides is 3. The van der Waals surface area contributed by atoms with E-state index >= 15 is 0 Å². The normalized spacial score (nSPS) is 11.5. The Bertz CT molecular complexity index is 408. The number of benzene rings is 1. The van der Waals surface area contributed by atoms with E-state index in [0.29, 0.717) is 16.7 Å². The first-order valence-corrected chi connectivity index (χ1v) is 5.28. The van der Waals surface area contributed by atoms with E-state index in [1.807, 2.05) is 0 Å². The van der Waals surface area contributed by atoms with Crippen molar-refractivity contribution >= 4 is 40.6 Å². The Kier molecular flexibility index (Phi) is 3.54. The van der Waals surface area contributed by atoms with Gasteiger partial charge in [-0.1, -0.05) is 34.8 Å². The molecule has 0 aliphatic heterocycles. The minimum absolute atomic E-state index is 0.119. The van der Waals surface area contributed by atoms with Crippen molar-refractivity contribution in [2.45, 2.75) is 17.6 Å². The standard InChI is InChI=1S/C10H9Cl3O2/c1-5-4-8(14)6(2)3-7(5)9(15)10(11,12)13/h3-4,14H,1-2H3. The zero-order valence-electron chi connectivity index (χ0n) is 8.14. The van der Waals surface area contributed by atoms with Gasteiger partial charge in [0, 0.05) is 5.56 Å². The second kappa shape index (κ2) is 4.20. The highest BCUT2D eigenvalue weighted by Crippen LogP contribution is 2.33. The second-order valence-electron chi connectivity index (χ2n) is 3.28. The Balaban J connectivity index is 3.28. The first-order chi connectivity index (χ1) is 6.73. The molecule has 0 atom stereocenters. The zero-order valence-corrected chi connectivity index (χ0v) is 10.4. The lowest BCUT2D eigenvalue weighted by molar-refractivity contribution is 0.0995. The van der Waals surface area contributed by atoms with Crippen LogP contribution >= 0.6 is 34.8 Å². The van der Waals surface area contributed by atoms with E-state index in [1.165, 1.54) is 12.1 Å². The average molecular weight is 268 g/mol. The van der Waals surface area contributed by atoms with Gasteiger partial charge in [0.15, 0.2) is 0 Å². The monoisotopic (exact) mass is 266 g/mol. The smallest absolute Gasteiger partial charge is 0.253 e. The number of carbonyl (C=O) groups is 1. The Morgan fingerprint density at radius 2 is 1.73 bits per heavy atom. The summed E-state index contributed by atoms with van der Waals surface area (Å²) in [7, 11) is 0. The molecule has 0 aliphatic rings. The van der Waals surface area contributed by atoms with Gasteiger partial charge in [-0.15, -0.1) is 0 Å². The molecule has 0 fully saturated rings. The Morgan fingerprint density at radius 3 is 2.20 bits per heavy atom. The summed E-state index contributed by atoms with van der Waals surface area (Å²) in [4.78, 5) is 11.7. The van der Waals surface area contributed by atoms with Crippen LogP contribution in [-0.4, -0.2) is 14.7 Å². The summed E-state index contributed by atoms with van der Waals surface area (Å²) in [5.74, 6) is -0.471. The van der Waals surface area contributed by atoms with Crippen LogP contribution in [0.5, 0.6) is 5.75 Å². The van der Waals surface area contributed by atoms with Gasteiger partial charge in [-0.05, 0) is 37.1 Å². The quantitative estimate of drug-likeness (QED) is 0.624. The molecule has 0 bridgehead atoms. The van der Waals surface area contributed by atoms with Gasteiger partial charge < -0.3 is 5.11 Å². The largest absolute Gasteiger partial charge is 0.508 e. The summed E-state index contributed by atoms with van der Waals surface area (Å²) in [6.07, 6.45) is 0. The van der Waals surface area contributed by atoms with Crippen LogP contribution in [0.25, 0.3) is 0 Å². The van der Waals surface area contributed by atoms with Crippen LogP contribution < -0.4 is 0 Å². The molecular formula is C10H9Cl3O2. The molecule has 15 heavy (non-hydrogen) atoms. The average Bonchev–Trinajstić information content (AvgIpc) is 2.08. The molecule has 0 unspecified atom stereocenters. The summed E-state index contributed by atoms with van der Waals surface area (Å²) >= 11 is 16.5. The Morgan fingerprint density at radius 1 is 1.20 bits per heavy atom. The first kappa shape index (κ1) is 12.6. The molecule has 0 saturated carbocycles. The summed E-state index contributed by atoms with van der Waals surface area (Å²) < 4.78 is -1.96. The second-order valence-corrected chi connectivity index (χ2v) is 5.56. The fourth-order valence-electron chi connectivity index (χ4n) is 1.20. The summed E-state index contributed by atoms with van der Waals surface area (Å²) in [5.41, 5.74) is 1.46. The molecule has 0 heterocycles. The number of phenols is 1. The maximum atomic E-state index is 11.7. The number of halogens is 3. The maximum Gasteiger partial charge on any atom is 0.253 e. The summed E-state index contributed by atoms with van der Waals surface area (Å²) in [5, 5.41) is 9.40. The number of hydrogen-bond donors (Lipinski definition) is 1. The lowest BCUT2D eigenvalue weighted by atomic mass is 10.0. The third-order valence-electron chi connectivity index (χ3n) is 2.05. The number of carbonyl (C=O) groups excluding carboxylic acids is 1. The van der Waals surface area contributed by atoms with Crippen molar-refractivity contribution in [3.63, 3.8) is 0 Å². The maximum absolute atomic E-state index is 11.7. The van der Waals surface area contributed by atoms with Gasteiger partial charge in [0.05, 0.1) is 0 Å². The number of aromatic hydroxyl groups is 1. The third kappa shape index (κ3) is 2.77. The van der Waals surface area contributed by atoms with Crippen molar-refractivity contribution in [1.82, 2.24) is 0 Å². The first-order valence-electron chi connectivity index (χ1n) is 4.15. The van der Waals surface area contributed by atoms with Crippen molar-refractivity contribution in [1.29, 1.82) is 0 Å². The predicted molar refractivity (Wildman–Crippen MR) is 62.2 cm³/mol. The summed E-state index contributed by atoms with van der Waals surface area (Å²) in [6, 6.07) is 2.98. The minimum Gasteiger partial charge on any atom is -0.508 e. The Hall–Kier alpha value is -0.440. The molecule has 2 nitrogen and oxygen atoms in total. The van der Waals surface area contributed by atoms with E-state index in [9.17, 15) is 9.90 Å². The van der Waals surface area contributed by atoms with Crippen LogP contribution in [0, 0.1) is 13.8 Å². The lowest BCUT2D eigenvalue weighted by Gasteiger charge is -2.13. The number of hydrogen-bond acceptors (Lipinski definition) is 2. The highest BCUT2D eigenvalue weighted by molar-refractivity contribution is 6.77. The molecular weight excluding hydrogens is 258 g/mol. The number of Topliss-reactive ketones (excluding diaryl/α,β-unsaturated/α-hetero) is 1. The van der Waals surface area contributed by atoms with Gasteiger partial charge >= 0.3 is 0 Å². The molecule has 1 N–H and O–H groups in total. The van der Waals surface area contributed by atoms with Crippen molar-refractivity contribution in [3.05, 3.63) is 28.8 Å². The lowest BCUT2D eigenvalue weighted by Crippen LogP contribution is -2.20. The van der Waals surface area contributed by atoms with E-state index in [4.69, 9.17) is 34.8 Å². The van der Waals surface area contributed by atoms with E-state index < -0.39 is 9.58 Å². The van der Waals surface area contributed by atoms with Gasteiger partial charge in [0.1, 0.15) is 5.75 Å². The van der Waals surface area contributed by atoms with Crippen molar-refractivity contribution in [3.8, 4) is 5.75 Å². The van der Waals surface area contributed by atoms with Crippen molar-refractivity contribution in [2.75, 3.05) is 0 Å². The van der Waals surface area contributed by atoms with Crippen LogP contribution in [0.4, 0.5) is 0 Å². The van der Waals surface area contributed by atoms with Crippen LogP contribution in [0.3, 0.4) is 0 Å². The molecule has 0 saturated heterocycles. The number of phenolic OH excluding ortho intramolecular Hbond substituents is 1.